The van der Waals surface area contributed by atoms with Gasteiger partial charge in [0.1, 0.15) is 5.76 Å². The van der Waals surface area contributed by atoms with E-state index in [1.807, 2.05) is 0 Å². The number of furan rings is 1. The topological polar surface area (TPSA) is 92.3 Å². The van der Waals surface area contributed by atoms with Crippen LogP contribution >= 0.6 is 0 Å². The second-order valence-electron chi connectivity index (χ2n) is 4.70. The molecular weight excluding hydrogens is 260 g/mol. The Morgan fingerprint density at radius 1 is 1.60 bits per heavy atom. The molecule has 0 aliphatic carbocycles. The van der Waals surface area contributed by atoms with Gasteiger partial charge >= 0.3 is 0 Å². The highest BCUT2D eigenvalue weighted by Gasteiger charge is 2.30. The molecule has 2 rings (SSSR count). The zero-order chi connectivity index (χ0) is 14.5. The first-order valence-corrected chi connectivity index (χ1v) is 6.50. The zero-order valence-corrected chi connectivity index (χ0v) is 11.2. The fourth-order valence-electron chi connectivity index (χ4n) is 2.15. The number of nitrogens with one attached hydrogen (secondary N) is 1. The van der Waals surface area contributed by atoms with Gasteiger partial charge in [0.15, 0.2) is 11.7 Å². The molecule has 1 aromatic heterocycles. The average Bonchev–Trinajstić information content (AvgIpc) is 3.08. The predicted octanol–water partition coefficient (Wildman–Crippen LogP) is 1.21. The Labute approximate surface area is 116 Å². The molecule has 2 atom stereocenters. The van der Waals surface area contributed by atoms with Gasteiger partial charge in [0.25, 0.3) is 0 Å². The first kappa shape index (κ1) is 14.3. The van der Waals surface area contributed by atoms with Crippen molar-refractivity contribution in [3.8, 4) is 6.07 Å². The van der Waals surface area contributed by atoms with E-state index in [4.69, 9.17) is 14.4 Å². The number of amides is 1. The first-order chi connectivity index (χ1) is 9.63. The van der Waals surface area contributed by atoms with E-state index in [0.717, 1.165) is 12.8 Å². The fourth-order valence-corrected chi connectivity index (χ4v) is 2.15. The average molecular weight is 276 g/mol. The van der Waals surface area contributed by atoms with Crippen molar-refractivity contribution in [2.24, 2.45) is 5.92 Å². The van der Waals surface area contributed by atoms with Gasteiger partial charge in [-0.15, -0.1) is 0 Å². The first-order valence-electron chi connectivity index (χ1n) is 6.50. The van der Waals surface area contributed by atoms with Crippen molar-refractivity contribution in [1.29, 1.82) is 5.26 Å². The summed E-state index contributed by atoms with van der Waals surface area (Å²) in [4.78, 5) is 24.1. The minimum absolute atomic E-state index is 0.0240. The summed E-state index contributed by atoms with van der Waals surface area (Å²) in [5.74, 6) is -2.08. The van der Waals surface area contributed by atoms with Crippen molar-refractivity contribution in [2.75, 3.05) is 13.2 Å². The lowest BCUT2D eigenvalue weighted by atomic mass is 9.98. The Morgan fingerprint density at radius 3 is 2.95 bits per heavy atom. The molecule has 0 bridgehead atoms. The van der Waals surface area contributed by atoms with E-state index in [9.17, 15) is 9.59 Å². The third-order valence-corrected chi connectivity index (χ3v) is 3.31. The van der Waals surface area contributed by atoms with Crippen LogP contribution in [0.1, 0.15) is 29.0 Å². The minimum Gasteiger partial charge on any atom is -0.469 e. The maximum Gasteiger partial charge on any atom is 0.245 e. The summed E-state index contributed by atoms with van der Waals surface area (Å²) in [7, 11) is 0. The molecular formula is C14H16N2O4. The molecule has 0 spiro atoms. The fraction of sp³-hybridized carbons (Fsp3) is 0.500. The summed E-state index contributed by atoms with van der Waals surface area (Å²) in [5.41, 5.74) is 0.267. The summed E-state index contributed by atoms with van der Waals surface area (Å²) in [6.45, 7) is 2.63. The molecule has 0 aromatic carbocycles. The number of carbonyl (C=O) groups is 2. The standard InChI is InChI=1S/C14H16N2O4/c1-9-11(4-6-19-9)13(17)12(7-15)14(18)16-8-10-3-2-5-20-10/h4,6,10,12H,2-3,5,8H2,1H3,(H,16,18)/t10-,12+/m0/s1. The number of nitrogens with zero attached hydrogens (tertiary/aromatic N) is 1. The number of aryl methyl sites for hydroxylation is 1. The third-order valence-electron chi connectivity index (χ3n) is 3.31. The molecule has 0 saturated carbocycles. The van der Waals surface area contributed by atoms with E-state index in [-0.39, 0.29) is 11.7 Å². The van der Waals surface area contributed by atoms with E-state index in [1.165, 1.54) is 12.3 Å². The molecule has 6 heteroatoms. The van der Waals surface area contributed by atoms with Crippen LogP contribution in [0.15, 0.2) is 16.7 Å². The number of Topliss-reactive ketones (excluding diaryl/α,β-unsaturated/α-hetero) is 1. The number of ketones is 1. The van der Waals surface area contributed by atoms with E-state index in [2.05, 4.69) is 5.32 Å². The number of rotatable bonds is 5. The third kappa shape index (κ3) is 3.06. The maximum absolute atomic E-state index is 12.1. The van der Waals surface area contributed by atoms with Crippen molar-refractivity contribution < 1.29 is 18.7 Å². The van der Waals surface area contributed by atoms with Crippen molar-refractivity contribution >= 4 is 11.7 Å². The molecule has 1 amide bonds. The van der Waals surface area contributed by atoms with Gasteiger partial charge in [-0.1, -0.05) is 0 Å². The van der Waals surface area contributed by atoms with Crippen molar-refractivity contribution in [2.45, 2.75) is 25.9 Å². The molecule has 1 aliphatic rings. The Hall–Kier alpha value is -2.13. The largest absolute Gasteiger partial charge is 0.469 e. The second kappa shape index (κ2) is 6.35. The van der Waals surface area contributed by atoms with Crippen LogP contribution in [0.25, 0.3) is 0 Å². The smallest absolute Gasteiger partial charge is 0.245 e. The molecule has 1 N–H and O–H groups in total. The van der Waals surface area contributed by atoms with Gasteiger partial charge in [0, 0.05) is 13.2 Å². The number of nitriles is 1. The van der Waals surface area contributed by atoms with Gasteiger partial charge in [0.05, 0.1) is 24.0 Å². The summed E-state index contributed by atoms with van der Waals surface area (Å²) in [6, 6.07) is 3.22. The molecule has 1 saturated heterocycles. The summed E-state index contributed by atoms with van der Waals surface area (Å²) < 4.78 is 10.4. The van der Waals surface area contributed by atoms with Gasteiger partial charge in [-0.3, -0.25) is 9.59 Å². The Balaban J connectivity index is 1.97. The Kier molecular flexibility index (Phi) is 4.53. The maximum atomic E-state index is 12.1. The predicted molar refractivity (Wildman–Crippen MR) is 68.9 cm³/mol. The van der Waals surface area contributed by atoms with E-state index in [1.54, 1.807) is 13.0 Å². The van der Waals surface area contributed by atoms with Crippen LogP contribution in [0.4, 0.5) is 0 Å². The number of ether oxygens (including phenoxy) is 1. The van der Waals surface area contributed by atoms with Gasteiger partial charge < -0.3 is 14.5 Å². The van der Waals surface area contributed by atoms with Gasteiger partial charge in [0.2, 0.25) is 5.91 Å². The monoisotopic (exact) mass is 276 g/mol. The number of carbonyl (C=O) groups excluding carboxylic acids is 2. The van der Waals surface area contributed by atoms with Gasteiger partial charge in [-0.25, -0.2) is 0 Å². The second-order valence-corrected chi connectivity index (χ2v) is 4.70. The lowest BCUT2D eigenvalue weighted by Gasteiger charge is -2.12. The van der Waals surface area contributed by atoms with Crippen LogP contribution < -0.4 is 5.32 Å². The highest BCUT2D eigenvalue weighted by atomic mass is 16.5. The Morgan fingerprint density at radius 2 is 2.40 bits per heavy atom. The van der Waals surface area contributed by atoms with E-state index in [0.29, 0.717) is 18.9 Å². The number of hydrogen-bond donors (Lipinski definition) is 1. The summed E-state index contributed by atoms with van der Waals surface area (Å²) in [6.07, 6.45) is 3.19. The minimum atomic E-state index is -1.35. The molecule has 0 radical (unpaired) electrons. The lowest BCUT2D eigenvalue weighted by molar-refractivity contribution is -0.122. The normalized spacial score (nSPS) is 19.3. The highest BCUT2D eigenvalue weighted by molar-refractivity contribution is 6.12. The molecule has 2 heterocycles. The van der Waals surface area contributed by atoms with E-state index < -0.39 is 17.6 Å². The van der Waals surface area contributed by atoms with Crippen LogP contribution in [-0.4, -0.2) is 30.9 Å². The van der Waals surface area contributed by atoms with E-state index >= 15 is 0 Å². The molecule has 106 valence electrons. The summed E-state index contributed by atoms with van der Waals surface area (Å²) in [5, 5.41) is 11.7. The van der Waals surface area contributed by atoms with Crippen molar-refractivity contribution in [3.05, 3.63) is 23.7 Å². The molecule has 1 aliphatic heterocycles. The molecule has 1 aromatic rings. The van der Waals surface area contributed by atoms with Crippen molar-refractivity contribution in [3.63, 3.8) is 0 Å². The SMILES string of the molecule is Cc1occc1C(=O)[C@@H](C#N)C(=O)NC[C@@H]1CCCO1. The quantitative estimate of drug-likeness (QED) is 0.644. The van der Waals surface area contributed by atoms with Crippen LogP contribution in [-0.2, 0) is 9.53 Å². The summed E-state index contributed by atoms with van der Waals surface area (Å²) >= 11 is 0. The van der Waals surface area contributed by atoms with Gasteiger partial charge in [-0.05, 0) is 25.8 Å². The lowest BCUT2D eigenvalue weighted by Crippen LogP contribution is -2.38. The van der Waals surface area contributed by atoms with Crippen LogP contribution in [0.2, 0.25) is 0 Å². The van der Waals surface area contributed by atoms with Crippen molar-refractivity contribution in [1.82, 2.24) is 5.32 Å². The number of hydrogen-bond acceptors (Lipinski definition) is 5. The highest BCUT2D eigenvalue weighted by Crippen LogP contribution is 2.15. The van der Waals surface area contributed by atoms with Gasteiger partial charge in [-0.2, -0.15) is 5.26 Å². The molecule has 1 fully saturated rings. The molecule has 0 unspecified atom stereocenters. The van der Waals surface area contributed by atoms with Crippen LogP contribution in [0, 0.1) is 24.2 Å². The Bertz CT molecular complexity index is 538. The molecule has 6 nitrogen and oxygen atoms in total. The van der Waals surface area contributed by atoms with Crippen LogP contribution in [0.5, 0.6) is 0 Å². The van der Waals surface area contributed by atoms with Crippen LogP contribution in [0.3, 0.4) is 0 Å². The molecule has 20 heavy (non-hydrogen) atoms. The zero-order valence-electron chi connectivity index (χ0n) is 11.2.